The molecule has 0 aliphatic carbocycles. The summed E-state index contributed by atoms with van der Waals surface area (Å²) in [5.41, 5.74) is -0.255. The van der Waals surface area contributed by atoms with E-state index in [9.17, 15) is 23.3 Å². The second kappa shape index (κ2) is 5.94. The Balaban J connectivity index is 2.02. The van der Waals surface area contributed by atoms with Crippen molar-refractivity contribution in [3.8, 4) is 16.9 Å². The summed E-state index contributed by atoms with van der Waals surface area (Å²) in [5.74, 6) is 0. The first-order valence-electron chi connectivity index (χ1n) is 7.68. The fourth-order valence-corrected chi connectivity index (χ4v) is 2.87. The van der Waals surface area contributed by atoms with Crippen LogP contribution in [0, 0.1) is 10.1 Å². The van der Waals surface area contributed by atoms with Crippen molar-refractivity contribution in [1.82, 2.24) is 19.2 Å². The second-order valence-corrected chi connectivity index (χ2v) is 5.67. The monoisotopic (exact) mass is 373 g/mol. The van der Waals surface area contributed by atoms with Crippen LogP contribution in [0.25, 0.3) is 22.6 Å². The predicted octanol–water partition coefficient (Wildman–Crippen LogP) is 4.11. The molecule has 0 N–H and O–H groups in total. The fraction of sp³-hybridized carbons (Fsp3) is 0.0588. The Kier molecular flexibility index (Phi) is 3.69. The average molecular weight is 373 g/mol. The number of nitro groups is 1. The second-order valence-electron chi connectivity index (χ2n) is 5.67. The van der Waals surface area contributed by atoms with Gasteiger partial charge in [-0.05, 0) is 18.2 Å². The van der Waals surface area contributed by atoms with Gasteiger partial charge in [0, 0.05) is 42.4 Å². The van der Waals surface area contributed by atoms with E-state index in [0.717, 1.165) is 12.1 Å². The number of rotatable bonds is 3. The highest BCUT2D eigenvalue weighted by molar-refractivity contribution is 5.63. The Morgan fingerprint density at radius 1 is 1.11 bits per heavy atom. The van der Waals surface area contributed by atoms with E-state index < -0.39 is 22.4 Å². The van der Waals surface area contributed by atoms with Gasteiger partial charge in [0.2, 0.25) is 0 Å². The maximum atomic E-state index is 13.5. The lowest BCUT2D eigenvalue weighted by molar-refractivity contribution is -0.384. The van der Waals surface area contributed by atoms with Crippen molar-refractivity contribution in [3.63, 3.8) is 0 Å². The number of non-ortho nitro benzene ring substituents is 1. The summed E-state index contributed by atoms with van der Waals surface area (Å²) >= 11 is 0. The van der Waals surface area contributed by atoms with E-state index in [0.29, 0.717) is 23.0 Å². The van der Waals surface area contributed by atoms with Gasteiger partial charge in [-0.15, -0.1) is 0 Å². The van der Waals surface area contributed by atoms with Crippen LogP contribution in [0.5, 0.6) is 0 Å². The van der Waals surface area contributed by atoms with Crippen LogP contribution >= 0.6 is 0 Å². The zero-order valence-corrected chi connectivity index (χ0v) is 13.5. The summed E-state index contributed by atoms with van der Waals surface area (Å²) in [6.07, 6.45) is 1.34. The topological polar surface area (TPSA) is 78.3 Å². The molecule has 0 unspecified atom stereocenters. The molecule has 3 aromatic heterocycles. The van der Waals surface area contributed by atoms with E-state index in [4.69, 9.17) is 0 Å². The van der Waals surface area contributed by atoms with E-state index in [1.54, 1.807) is 24.5 Å². The highest BCUT2D eigenvalue weighted by Crippen LogP contribution is 2.36. The average Bonchev–Trinajstić information content (AvgIpc) is 3.23. The molecule has 0 amide bonds. The van der Waals surface area contributed by atoms with Gasteiger partial charge in [0.25, 0.3) is 5.69 Å². The van der Waals surface area contributed by atoms with Gasteiger partial charge in [0.05, 0.1) is 28.1 Å². The van der Waals surface area contributed by atoms with E-state index in [-0.39, 0.29) is 5.69 Å². The van der Waals surface area contributed by atoms with Gasteiger partial charge >= 0.3 is 6.18 Å². The first kappa shape index (κ1) is 16.8. The number of alkyl halides is 3. The normalized spacial score (nSPS) is 11.8. The minimum atomic E-state index is -4.68. The van der Waals surface area contributed by atoms with Crippen LogP contribution in [0.15, 0.2) is 61.2 Å². The van der Waals surface area contributed by atoms with Gasteiger partial charge in [-0.1, -0.05) is 0 Å². The molecule has 0 aliphatic rings. The van der Waals surface area contributed by atoms with Gasteiger partial charge in [-0.3, -0.25) is 19.8 Å². The largest absolute Gasteiger partial charge is 0.418 e. The number of halogens is 3. The molecule has 136 valence electrons. The van der Waals surface area contributed by atoms with Crippen molar-refractivity contribution in [2.45, 2.75) is 6.18 Å². The molecule has 0 radical (unpaired) electrons. The molecule has 10 heteroatoms. The number of hydrogen-bond donors (Lipinski definition) is 0. The van der Waals surface area contributed by atoms with Crippen LogP contribution in [0.1, 0.15) is 5.56 Å². The first-order valence-corrected chi connectivity index (χ1v) is 7.68. The molecule has 0 aliphatic heterocycles. The number of aromatic nitrogens is 4. The van der Waals surface area contributed by atoms with Crippen LogP contribution < -0.4 is 0 Å². The molecule has 7 nitrogen and oxygen atoms in total. The first-order chi connectivity index (χ1) is 12.9. The van der Waals surface area contributed by atoms with Gasteiger partial charge in [-0.25, -0.2) is 9.50 Å². The summed E-state index contributed by atoms with van der Waals surface area (Å²) in [6, 6.07) is 7.40. The van der Waals surface area contributed by atoms with Crippen molar-refractivity contribution in [3.05, 3.63) is 76.9 Å². The smallest absolute Gasteiger partial charge is 0.264 e. The Bertz CT molecular complexity index is 1150. The number of nitrogens with zero attached hydrogens (tertiary/aromatic N) is 5. The van der Waals surface area contributed by atoms with E-state index in [1.165, 1.54) is 27.7 Å². The molecular formula is C17H10F3N5O2. The number of benzene rings is 1. The molecule has 4 rings (SSSR count). The predicted molar refractivity (Wildman–Crippen MR) is 89.4 cm³/mol. The molecule has 0 spiro atoms. The van der Waals surface area contributed by atoms with Gasteiger partial charge in [-0.2, -0.15) is 13.2 Å². The summed E-state index contributed by atoms with van der Waals surface area (Å²) in [7, 11) is 0. The van der Waals surface area contributed by atoms with Gasteiger partial charge in [0.1, 0.15) is 0 Å². The number of imidazole rings is 1. The number of pyridine rings is 1. The van der Waals surface area contributed by atoms with Crippen LogP contribution in [-0.2, 0) is 6.18 Å². The van der Waals surface area contributed by atoms with Crippen LogP contribution in [0.2, 0.25) is 0 Å². The summed E-state index contributed by atoms with van der Waals surface area (Å²) in [4.78, 5) is 18.5. The summed E-state index contributed by atoms with van der Waals surface area (Å²) in [5, 5.41) is 11.1. The molecule has 1 aromatic carbocycles. The minimum Gasteiger partial charge on any atom is -0.264 e. The van der Waals surface area contributed by atoms with Crippen molar-refractivity contribution < 1.29 is 18.1 Å². The summed E-state index contributed by atoms with van der Waals surface area (Å²) < 4.78 is 43.2. The van der Waals surface area contributed by atoms with Crippen molar-refractivity contribution in [1.29, 1.82) is 0 Å². The van der Waals surface area contributed by atoms with Crippen molar-refractivity contribution in [2.24, 2.45) is 0 Å². The zero-order chi connectivity index (χ0) is 19.2. The maximum Gasteiger partial charge on any atom is 0.418 e. The Hall–Kier alpha value is -3.69. The highest BCUT2D eigenvalue weighted by atomic mass is 19.4. The quantitative estimate of drug-likeness (QED) is 0.400. The van der Waals surface area contributed by atoms with E-state index in [2.05, 4.69) is 9.97 Å². The molecule has 0 atom stereocenters. The van der Waals surface area contributed by atoms with Crippen LogP contribution in [0.4, 0.5) is 18.9 Å². The zero-order valence-electron chi connectivity index (χ0n) is 13.5. The Morgan fingerprint density at radius 2 is 1.93 bits per heavy atom. The van der Waals surface area contributed by atoms with Crippen LogP contribution in [0.3, 0.4) is 0 Å². The molecule has 0 saturated carbocycles. The van der Waals surface area contributed by atoms with E-state index >= 15 is 0 Å². The third-order valence-corrected chi connectivity index (χ3v) is 4.05. The lowest BCUT2D eigenvalue weighted by Crippen LogP contribution is -2.13. The third kappa shape index (κ3) is 2.80. The number of nitro benzene ring substituents is 1. The Morgan fingerprint density at radius 3 is 2.59 bits per heavy atom. The third-order valence-electron chi connectivity index (χ3n) is 4.05. The van der Waals surface area contributed by atoms with Gasteiger partial charge < -0.3 is 0 Å². The van der Waals surface area contributed by atoms with Gasteiger partial charge in [0.15, 0.2) is 5.65 Å². The molecule has 4 aromatic rings. The van der Waals surface area contributed by atoms with Crippen molar-refractivity contribution >= 4 is 11.3 Å². The van der Waals surface area contributed by atoms with E-state index in [1.807, 2.05) is 0 Å². The number of fused-ring (bicyclic) bond motifs is 1. The Labute approximate surface area is 149 Å². The minimum absolute atomic E-state index is 0.366. The summed E-state index contributed by atoms with van der Waals surface area (Å²) in [6.45, 7) is 0. The number of hydrogen-bond acceptors (Lipinski definition) is 4. The molecular weight excluding hydrogens is 363 g/mol. The van der Waals surface area contributed by atoms with Crippen LogP contribution in [-0.4, -0.2) is 24.1 Å². The highest BCUT2D eigenvalue weighted by Gasteiger charge is 2.35. The molecule has 0 bridgehead atoms. The fourth-order valence-electron chi connectivity index (χ4n) is 2.87. The molecule has 3 heterocycles. The van der Waals surface area contributed by atoms with Crippen molar-refractivity contribution in [2.75, 3.05) is 0 Å². The SMILES string of the molecule is O=[N+]([O-])c1ccc(C(F)(F)F)c(-n2ccc3ncc(-c4cccnc4)n32)c1. The lowest BCUT2D eigenvalue weighted by Gasteiger charge is -2.15. The molecule has 27 heavy (non-hydrogen) atoms. The lowest BCUT2D eigenvalue weighted by atomic mass is 10.1. The molecule has 0 saturated heterocycles. The maximum absolute atomic E-state index is 13.5. The molecule has 0 fully saturated rings. The standard InChI is InChI=1S/C17H10F3N5O2/c18-17(19,20)13-4-3-12(25(26)27)8-14(13)23-7-5-16-22-10-15(24(16)23)11-2-1-6-21-9-11/h1-10H.